The van der Waals surface area contributed by atoms with Crippen LogP contribution in [-0.2, 0) is 11.3 Å². The number of likely N-dealkylation sites (tertiary alicyclic amines) is 1. The quantitative estimate of drug-likeness (QED) is 0.830. The molecule has 4 heterocycles. The summed E-state index contributed by atoms with van der Waals surface area (Å²) in [4.78, 5) is 31.2. The summed E-state index contributed by atoms with van der Waals surface area (Å²) >= 11 is 0. The fourth-order valence-electron chi connectivity index (χ4n) is 6.32. The number of rotatable bonds is 3. The van der Waals surface area contributed by atoms with Crippen molar-refractivity contribution in [1.82, 2.24) is 14.4 Å². The molecule has 2 saturated heterocycles. The Hall–Kier alpha value is -1.92. The molecule has 30 heavy (non-hydrogen) atoms. The second-order valence-corrected chi connectivity index (χ2v) is 9.50. The van der Waals surface area contributed by atoms with E-state index in [-0.39, 0.29) is 42.0 Å². The van der Waals surface area contributed by atoms with E-state index in [0.29, 0.717) is 6.54 Å². The minimum atomic E-state index is -0.281. The molecule has 0 aromatic carbocycles. The zero-order valence-corrected chi connectivity index (χ0v) is 17.9. The Morgan fingerprint density at radius 2 is 1.93 bits per heavy atom. The number of aliphatic hydroxyl groups is 1. The van der Waals surface area contributed by atoms with E-state index in [2.05, 4.69) is 17.0 Å². The fraction of sp³-hybridized carbons (Fsp3) is 0.667. The summed E-state index contributed by atoms with van der Waals surface area (Å²) in [6.45, 7) is 2.16. The molecule has 0 unspecified atom stereocenters. The first-order valence-corrected chi connectivity index (χ1v) is 11.7. The van der Waals surface area contributed by atoms with Gasteiger partial charge in [0.1, 0.15) is 0 Å². The van der Waals surface area contributed by atoms with E-state index in [1.54, 1.807) is 0 Å². The van der Waals surface area contributed by atoms with Gasteiger partial charge in [-0.2, -0.15) is 0 Å². The van der Waals surface area contributed by atoms with E-state index >= 15 is 0 Å². The molecule has 1 aromatic heterocycles. The molecule has 4 aliphatic rings. The van der Waals surface area contributed by atoms with Gasteiger partial charge < -0.3 is 14.6 Å². The smallest absolute Gasteiger partial charge is 0.258 e. The highest BCUT2D eigenvalue weighted by Crippen LogP contribution is 2.48. The van der Waals surface area contributed by atoms with Crippen LogP contribution >= 0.6 is 0 Å². The molecule has 4 atom stereocenters. The van der Waals surface area contributed by atoms with Gasteiger partial charge in [-0.3, -0.25) is 14.5 Å². The van der Waals surface area contributed by atoms with Crippen LogP contribution in [0.5, 0.6) is 0 Å². The molecule has 162 valence electrons. The third kappa shape index (κ3) is 3.07. The molecule has 6 nitrogen and oxygen atoms in total. The Labute approximate surface area is 178 Å². The second kappa shape index (κ2) is 7.97. The molecule has 1 aromatic rings. The summed E-state index contributed by atoms with van der Waals surface area (Å²) in [7, 11) is 2.05. The lowest BCUT2D eigenvalue weighted by molar-refractivity contribution is -0.139. The number of pyridine rings is 1. The average Bonchev–Trinajstić information content (AvgIpc) is 2.96. The van der Waals surface area contributed by atoms with E-state index in [9.17, 15) is 14.7 Å². The monoisotopic (exact) mass is 411 g/mol. The van der Waals surface area contributed by atoms with Gasteiger partial charge in [0.2, 0.25) is 5.91 Å². The SMILES string of the molecule is CN1[C@@H]2Cn3c(ccc(C4=CCCCC4)c3=O)[C@H]1[C@@H](C(=O)N1CCCCC1)[C@@H]2CO. The van der Waals surface area contributed by atoms with E-state index in [1.165, 1.54) is 18.4 Å². The van der Waals surface area contributed by atoms with Crippen molar-refractivity contribution in [2.24, 2.45) is 11.8 Å². The van der Waals surface area contributed by atoms with Gasteiger partial charge in [0.05, 0.1) is 12.0 Å². The van der Waals surface area contributed by atoms with Crippen LogP contribution in [0.2, 0.25) is 0 Å². The van der Waals surface area contributed by atoms with Gasteiger partial charge in [0.15, 0.2) is 0 Å². The van der Waals surface area contributed by atoms with Crippen molar-refractivity contribution in [3.63, 3.8) is 0 Å². The predicted molar refractivity (Wildman–Crippen MR) is 116 cm³/mol. The Morgan fingerprint density at radius 3 is 2.63 bits per heavy atom. The van der Waals surface area contributed by atoms with Crippen LogP contribution in [-0.4, -0.2) is 58.2 Å². The molecule has 3 aliphatic heterocycles. The van der Waals surface area contributed by atoms with E-state index in [4.69, 9.17) is 0 Å². The molecule has 1 N–H and O–H groups in total. The maximum absolute atomic E-state index is 13.6. The van der Waals surface area contributed by atoms with Crippen molar-refractivity contribution in [3.05, 3.63) is 39.8 Å². The van der Waals surface area contributed by atoms with Gasteiger partial charge in [0, 0.05) is 49.5 Å². The number of aromatic nitrogens is 1. The topological polar surface area (TPSA) is 65.8 Å². The molecule has 5 rings (SSSR count). The number of aliphatic hydroxyl groups excluding tert-OH is 1. The molecule has 1 aliphatic carbocycles. The zero-order valence-electron chi connectivity index (χ0n) is 17.9. The lowest BCUT2D eigenvalue weighted by Gasteiger charge is -2.36. The number of carbonyl (C=O) groups is 1. The number of amides is 1. The highest BCUT2D eigenvalue weighted by atomic mass is 16.3. The molecule has 1 amide bonds. The van der Waals surface area contributed by atoms with Crippen LogP contribution in [0.25, 0.3) is 5.57 Å². The Morgan fingerprint density at radius 1 is 1.13 bits per heavy atom. The van der Waals surface area contributed by atoms with Crippen molar-refractivity contribution in [2.75, 3.05) is 26.7 Å². The van der Waals surface area contributed by atoms with Crippen molar-refractivity contribution in [3.8, 4) is 0 Å². The predicted octanol–water partition coefficient (Wildman–Crippen LogP) is 2.41. The maximum atomic E-state index is 13.6. The lowest BCUT2D eigenvalue weighted by Crippen LogP contribution is -2.45. The molecular weight excluding hydrogens is 378 g/mol. The van der Waals surface area contributed by atoms with E-state index in [1.807, 2.05) is 22.6 Å². The average molecular weight is 412 g/mol. The number of hydrogen-bond acceptors (Lipinski definition) is 4. The summed E-state index contributed by atoms with van der Waals surface area (Å²) in [5.41, 5.74) is 3.01. The van der Waals surface area contributed by atoms with Crippen molar-refractivity contribution >= 4 is 11.5 Å². The number of piperidine rings is 1. The molecule has 2 bridgehead atoms. The standard InChI is InChI=1S/C24H33N3O3/c1-25-20-14-27-19(11-10-17(23(27)29)16-8-4-2-5-9-16)22(25)21(18(20)15-28)24(30)26-12-6-3-7-13-26/h8,10-11,18,20-22,28H,2-7,9,12-15H2,1H3/t18-,20-,21+,22+/m1/s1. The first kappa shape index (κ1) is 20.0. The first-order valence-electron chi connectivity index (χ1n) is 11.7. The van der Waals surface area contributed by atoms with Crippen molar-refractivity contribution in [1.29, 1.82) is 0 Å². The number of allylic oxidation sites excluding steroid dienone is 2. The Bertz CT molecular complexity index is 915. The van der Waals surface area contributed by atoms with Crippen LogP contribution in [0, 0.1) is 11.8 Å². The summed E-state index contributed by atoms with van der Waals surface area (Å²) in [5.74, 6) is -0.255. The zero-order chi connectivity index (χ0) is 20.8. The van der Waals surface area contributed by atoms with Crippen LogP contribution in [0.4, 0.5) is 0 Å². The minimum Gasteiger partial charge on any atom is -0.396 e. The van der Waals surface area contributed by atoms with Gasteiger partial charge in [-0.05, 0) is 69.7 Å². The van der Waals surface area contributed by atoms with Crippen molar-refractivity contribution in [2.45, 2.75) is 63.6 Å². The summed E-state index contributed by atoms with van der Waals surface area (Å²) < 4.78 is 1.91. The number of hydrogen-bond donors (Lipinski definition) is 1. The number of likely N-dealkylation sites (N-methyl/N-ethyl adjacent to an activating group) is 1. The molecule has 0 radical (unpaired) electrons. The van der Waals surface area contributed by atoms with Crippen molar-refractivity contribution < 1.29 is 9.90 Å². The van der Waals surface area contributed by atoms with E-state index in [0.717, 1.165) is 56.5 Å². The van der Waals surface area contributed by atoms with Gasteiger partial charge in [-0.15, -0.1) is 0 Å². The normalized spacial score (nSPS) is 31.4. The second-order valence-electron chi connectivity index (χ2n) is 9.50. The van der Waals surface area contributed by atoms with Crippen LogP contribution in [0.1, 0.15) is 62.2 Å². The van der Waals surface area contributed by atoms with Gasteiger partial charge >= 0.3 is 0 Å². The van der Waals surface area contributed by atoms with Gasteiger partial charge in [0.25, 0.3) is 5.56 Å². The fourth-order valence-corrected chi connectivity index (χ4v) is 6.32. The molecule has 2 fully saturated rings. The van der Waals surface area contributed by atoms with E-state index < -0.39 is 0 Å². The molecule has 0 saturated carbocycles. The third-order valence-electron chi connectivity index (χ3n) is 7.94. The van der Waals surface area contributed by atoms with Crippen LogP contribution in [0.15, 0.2) is 23.0 Å². The summed E-state index contributed by atoms with van der Waals surface area (Å²) in [6.07, 6.45) is 9.86. The maximum Gasteiger partial charge on any atom is 0.258 e. The number of fused-ring (bicyclic) bond motifs is 4. The molecular formula is C24H33N3O3. The minimum absolute atomic E-state index is 0.0134. The number of carbonyl (C=O) groups excluding carboxylic acids is 1. The molecule has 6 heteroatoms. The summed E-state index contributed by atoms with van der Waals surface area (Å²) in [5, 5.41) is 10.3. The Kier molecular flexibility index (Phi) is 5.31. The van der Waals surface area contributed by atoms with Crippen LogP contribution in [0.3, 0.4) is 0 Å². The van der Waals surface area contributed by atoms with Crippen LogP contribution < -0.4 is 5.56 Å². The largest absolute Gasteiger partial charge is 0.396 e. The highest BCUT2D eigenvalue weighted by molar-refractivity contribution is 5.81. The lowest BCUT2D eigenvalue weighted by atomic mass is 9.85. The molecule has 0 spiro atoms. The number of nitrogens with zero attached hydrogens (tertiary/aromatic N) is 3. The highest BCUT2D eigenvalue weighted by Gasteiger charge is 2.55. The third-order valence-corrected chi connectivity index (χ3v) is 7.94. The Balaban J connectivity index is 1.55. The van der Waals surface area contributed by atoms with Gasteiger partial charge in [-0.25, -0.2) is 0 Å². The van der Waals surface area contributed by atoms with Gasteiger partial charge in [-0.1, -0.05) is 6.08 Å². The first-order chi connectivity index (χ1) is 14.6. The summed E-state index contributed by atoms with van der Waals surface area (Å²) in [6, 6.07) is 3.92.